The van der Waals surface area contributed by atoms with Crippen LogP contribution in [0.2, 0.25) is 5.02 Å². The van der Waals surface area contributed by atoms with Crippen molar-refractivity contribution in [2.24, 2.45) is 0 Å². The van der Waals surface area contributed by atoms with E-state index in [-0.39, 0.29) is 13.1 Å². The Kier molecular flexibility index (Phi) is 9.48. The highest BCUT2D eigenvalue weighted by Crippen LogP contribution is 2.30. The molecule has 2 N–H and O–H groups in total. The highest BCUT2D eigenvalue weighted by Gasteiger charge is 2.33. The van der Waals surface area contributed by atoms with Gasteiger partial charge >= 0.3 is 6.09 Å². The van der Waals surface area contributed by atoms with Gasteiger partial charge in [-0.05, 0) is 64.3 Å². The maximum atomic E-state index is 13.7. The first-order valence-electron chi connectivity index (χ1n) is 11.3. The van der Waals surface area contributed by atoms with Gasteiger partial charge in [-0.1, -0.05) is 53.6 Å². The lowest BCUT2D eigenvalue weighted by Gasteiger charge is -2.32. The molecule has 0 radical (unpaired) electrons. The summed E-state index contributed by atoms with van der Waals surface area (Å²) in [5, 5.41) is 5.77. The molecule has 7 nitrogen and oxygen atoms in total. The lowest BCUT2D eigenvalue weighted by Crippen LogP contribution is -2.46. The topological polar surface area (TPSA) is 87.7 Å². The molecule has 2 rings (SSSR count). The minimum atomic E-state index is -0.989. The summed E-state index contributed by atoms with van der Waals surface area (Å²) in [6, 6.07) is 10.0. The normalized spacial score (nSPS) is 11.9. The fourth-order valence-corrected chi connectivity index (χ4v) is 3.89. The number of carbonyl (C=O) groups is 3. The third kappa shape index (κ3) is 7.86. The fraction of sp³-hybridized carbons (Fsp3) is 0.370. The van der Waals surface area contributed by atoms with Gasteiger partial charge in [0.1, 0.15) is 18.2 Å². The summed E-state index contributed by atoms with van der Waals surface area (Å²) in [7, 11) is 0. The molecule has 0 aliphatic carbocycles. The fourth-order valence-electron chi connectivity index (χ4n) is 3.62. The van der Waals surface area contributed by atoms with Crippen LogP contribution in [0.4, 0.5) is 10.5 Å². The van der Waals surface area contributed by atoms with Crippen LogP contribution in [0.1, 0.15) is 49.1 Å². The zero-order valence-electron chi connectivity index (χ0n) is 21.2. The smallest absolute Gasteiger partial charge is 0.408 e. The van der Waals surface area contributed by atoms with Gasteiger partial charge in [-0.2, -0.15) is 0 Å². The highest BCUT2D eigenvalue weighted by molar-refractivity contribution is 6.34. The van der Waals surface area contributed by atoms with Crippen molar-refractivity contribution in [3.63, 3.8) is 0 Å². The maximum absolute atomic E-state index is 13.7. The molecule has 0 heterocycles. The number of aryl methyl sites for hydroxylation is 3. The molecule has 35 heavy (non-hydrogen) atoms. The van der Waals surface area contributed by atoms with Crippen LogP contribution in [0.15, 0.2) is 49.1 Å². The third-order valence-electron chi connectivity index (χ3n) is 5.18. The van der Waals surface area contributed by atoms with Gasteiger partial charge in [-0.15, -0.1) is 6.58 Å². The van der Waals surface area contributed by atoms with Crippen LogP contribution in [0, 0.1) is 20.8 Å². The molecule has 2 aromatic rings. The Morgan fingerprint density at radius 3 is 2.37 bits per heavy atom. The van der Waals surface area contributed by atoms with E-state index >= 15 is 0 Å². The molecule has 0 aromatic heterocycles. The van der Waals surface area contributed by atoms with Crippen molar-refractivity contribution in [2.45, 2.75) is 53.2 Å². The number of carbonyl (C=O) groups excluding carboxylic acids is 3. The minimum Gasteiger partial charge on any atom is -0.444 e. The Balaban J connectivity index is 2.43. The number of amides is 3. The quantitative estimate of drug-likeness (QED) is 0.470. The van der Waals surface area contributed by atoms with Crippen LogP contribution >= 0.6 is 11.6 Å². The monoisotopic (exact) mass is 499 g/mol. The van der Waals surface area contributed by atoms with Crippen LogP contribution in [-0.4, -0.2) is 41.5 Å². The van der Waals surface area contributed by atoms with E-state index in [4.69, 9.17) is 16.3 Å². The largest absolute Gasteiger partial charge is 0.444 e. The third-order valence-corrected chi connectivity index (χ3v) is 5.49. The van der Waals surface area contributed by atoms with Crippen molar-refractivity contribution in [2.75, 3.05) is 18.4 Å². The van der Waals surface area contributed by atoms with E-state index in [9.17, 15) is 14.4 Å². The summed E-state index contributed by atoms with van der Waals surface area (Å²) in [4.78, 5) is 40.5. The molecule has 0 saturated carbocycles. The van der Waals surface area contributed by atoms with Gasteiger partial charge in [-0.25, -0.2) is 4.79 Å². The van der Waals surface area contributed by atoms with E-state index in [1.165, 1.54) is 11.0 Å². The van der Waals surface area contributed by atoms with Crippen LogP contribution < -0.4 is 10.6 Å². The van der Waals surface area contributed by atoms with Gasteiger partial charge in [0, 0.05) is 6.54 Å². The second kappa shape index (κ2) is 11.9. The Morgan fingerprint density at radius 1 is 1.11 bits per heavy atom. The van der Waals surface area contributed by atoms with Crippen molar-refractivity contribution in [3.05, 3.63) is 76.3 Å². The molecule has 0 spiro atoms. The summed E-state index contributed by atoms with van der Waals surface area (Å²) in [6.45, 7) is 14.4. The average molecular weight is 500 g/mol. The lowest BCUT2D eigenvalue weighted by molar-refractivity contribution is -0.137. The molecule has 0 aliphatic rings. The minimum absolute atomic E-state index is 0.0851. The van der Waals surface area contributed by atoms with Gasteiger partial charge in [0.2, 0.25) is 5.91 Å². The molecule has 188 valence electrons. The van der Waals surface area contributed by atoms with E-state index in [0.717, 1.165) is 16.7 Å². The summed E-state index contributed by atoms with van der Waals surface area (Å²) in [6.07, 6.45) is 0.819. The number of hydrogen-bond acceptors (Lipinski definition) is 4. The number of halogens is 1. The zero-order chi connectivity index (χ0) is 26.3. The SMILES string of the molecule is C=CCN(C(=O)CNC(=O)OC(C)(C)C)C(C(=O)Nc1c(C)cccc1Cl)c1ccc(C)cc1C. The molecule has 1 unspecified atom stereocenters. The number of nitrogens with one attached hydrogen (secondary N) is 2. The number of ether oxygens (including phenoxy) is 1. The first kappa shape index (κ1) is 27.9. The summed E-state index contributed by atoms with van der Waals surface area (Å²) in [5.41, 5.74) is 3.10. The number of rotatable bonds is 8. The number of benzene rings is 2. The molecule has 1 atom stereocenters. The summed E-state index contributed by atoms with van der Waals surface area (Å²) < 4.78 is 5.22. The molecule has 3 amide bonds. The second-order valence-electron chi connectivity index (χ2n) is 9.37. The van der Waals surface area contributed by atoms with Crippen LogP contribution in [0.25, 0.3) is 0 Å². The molecule has 0 saturated heterocycles. The van der Waals surface area contributed by atoms with E-state index in [0.29, 0.717) is 16.3 Å². The Hall–Kier alpha value is -3.32. The number of nitrogens with zero attached hydrogens (tertiary/aromatic N) is 1. The van der Waals surface area contributed by atoms with Crippen molar-refractivity contribution < 1.29 is 19.1 Å². The second-order valence-corrected chi connectivity index (χ2v) is 9.78. The summed E-state index contributed by atoms with van der Waals surface area (Å²) in [5.74, 6) is -0.896. The standard InChI is InChI=1S/C27H34ClN3O4/c1-8-14-31(22(32)16-29-26(34)35-27(5,6)7)24(20-13-12-17(2)15-19(20)4)25(33)30-23-18(3)10-9-11-21(23)28/h8-13,15,24H,1,14,16H2,2-7H3,(H,29,34)(H,30,33). The average Bonchev–Trinajstić information content (AvgIpc) is 2.74. The first-order chi connectivity index (χ1) is 16.3. The molecule has 2 aromatic carbocycles. The molecular weight excluding hydrogens is 466 g/mol. The van der Waals surface area contributed by atoms with Crippen molar-refractivity contribution in [1.82, 2.24) is 10.2 Å². The van der Waals surface area contributed by atoms with Gasteiger partial charge in [0.05, 0.1) is 10.7 Å². The van der Waals surface area contributed by atoms with Crippen molar-refractivity contribution in [3.8, 4) is 0 Å². The molecular formula is C27H34ClN3O4. The van der Waals surface area contributed by atoms with Crippen LogP contribution in [0.3, 0.4) is 0 Å². The van der Waals surface area contributed by atoms with E-state index in [1.54, 1.807) is 32.9 Å². The van der Waals surface area contributed by atoms with E-state index in [2.05, 4.69) is 17.2 Å². The predicted octanol–water partition coefficient (Wildman–Crippen LogP) is 5.48. The first-order valence-corrected chi connectivity index (χ1v) is 11.7. The molecule has 0 bridgehead atoms. The maximum Gasteiger partial charge on any atom is 0.408 e. The van der Waals surface area contributed by atoms with Crippen LogP contribution in [-0.2, 0) is 14.3 Å². The number of hydrogen-bond donors (Lipinski definition) is 2. The van der Waals surface area contributed by atoms with Gasteiger partial charge in [-0.3, -0.25) is 9.59 Å². The van der Waals surface area contributed by atoms with E-state index < -0.39 is 29.6 Å². The van der Waals surface area contributed by atoms with Crippen LogP contribution in [0.5, 0.6) is 0 Å². The Bertz CT molecular complexity index is 1090. The van der Waals surface area contributed by atoms with Gasteiger partial charge < -0.3 is 20.3 Å². The Morgan fingerprint density at radius 2 is 1.80 bits per heavy atom. The van der Waals surface area contributed by atoms with Gasteiger partial charge in [0.25, 0.3) is 5.91 Å². The summed E-state index contributed by atoms with van der Waals surface area (Å²) >= 11 is 6.34. The zero-order valence-corrected chi connectivity index (χ0v) is 22.0. The lowest BCUT2D eigenvalue weighted by atomic mass is 9.96. The van der Waals surface area contributed by atoms with Gasteiger partial charge in [0.15, 0.2) is 0 Å². The highest BCUT2D eigenvalue weighted by atomic mass is 35.5. The molecule has 0 aliphatic heterocycles. The number of alkyl carbamates (subject to hydrolysis) is 1. The predicted molar refractivity (Wildman–Crippen MR) is 140 cm³/mol. The number of para-hydroxylation sites is 1. The van der Waals surface area contributed by atoms with Crippen molar-refractivity contribution >= 4 is 35.2 Å². The Labute approximate surface area is 212 Å². The van der Waals surface area contributed by atoms with E-state index in [1.807, 2.05) is 45.0 Å². The van der Waals surface area contributed by atoms with Crippen molar-refractivity contribution in [1.29, 1.82) is 0 Å². The molecule has 0 fully saturated rings. The molecule has 8 heteroatoms. The number of anilines is 1.